The normalized spacial score (nSPS) is 17.5. The maximum Gasteiger partial charge on any atom is 0.422 e. The van der Waals surface area contributed by atoms with Gasteiger partial charge in [-0.15, -0.1) is 0 Å². The van der Waals surface area contributed by atoms with Crippen LogP contribution in [0, 0.1) is 5.41 Å². The third-order valence-electron chi connectivity index (χ3n) is 6.25. The molecule has 0 fully saturated rings. The van der Waals surface area contributed by atoms with Gasteiger partial charge in [0.1, 0.15) is 12.5 Å². The Morgan fingerprint density at radius 3 is 2.38 bits per heavy atom. The monoisotopic (exact) mass is 697 g/mol. The number of allylic oxidation sites excluding steroid dienone is 2. The number of nitrogens with one attached hydrogen (secondary N) is 3. The van der Waals surface area contributed by atoms with Gasteiger partial charge in [-0.3, -0.25) is 4.79 Å². The maximum atomic E-state index is 12.9. The quantitative estimate of drug-likeness (QED) is 0.318. The number of aromatic nitrogens is 3. The number of benzene rings is 1. The fraction of sp³-hybridized carbons (Fsp3) is 0.406. The number of anilines is 3. The molecule has 0 saturated heterocycles. The second-order valence-electron chi connectivity index (χ2n) is 10.6. The predicted molar refractivity (Wildman–Crippen MR) is 180 cm³/mol. The molecule has 0 spiro atoms. The number of aliphatic hydroxyl groups excluding tert-OH is 1. The molecule has 16 heteroatoms. The van der Waals surface area contributed by atoms with Crippen LogP contribution in [0.25, 0.3) is 0 Å². The number of nitrogens with zero attached hydrogens (tertiary/aromatic N) is 4. The fourth-order valence-electron chi connectivity index (χ4n) is 4.00. The molecule has 48 heavy (non-hydrogen) atoms. The Labute approximate surface area is 283 Å². The van der Waals surface area contributed by atoms with Crippen LogP contribution in [-0.2, 0) is 9.53 Å². The first-order valence-corrected chi connectivity index (χ1v) is 15.0. The van der Waals surface area contributed by atoms with Crippen LogP contribution in [0.1, 0.15) is 37.6 Å². The van der Waals surface area contributed by atoms with Crippen molar-refractivity contribution in [3.05, 3.63) is 77.7 Å². The minimum absolute atomic E-state index is 0.0170. The van der Waals surface area contributed by atoms with E-state index in [0.29, 0.717) is 49.7 Å². The molecule has 0 atom stereocenters. The average Bonchev–Trinajstić information content (AvgIpc) is 3.08. The Morgan fingerprint density at radius 2 is 1.77 bits per heavy atom. The topological polar surface area (TPSA) is 151 Å². The number of fused-ring (bicyclic) bond motifs is 16. The number of hydrogen-bond acceptors (Lipinski definition) is 11. The third kappa shape index (κ3) is 15.8. The highest BCUT2D eigenvalue weighted by Crippen LogP contribution is 2.21. The van der Waals surface area contributed by atoms with Crippen molar-refractivity contribution in [2.75, 3.05) is 57.1 Å². The van der Waals surface area contributed by atoms with Gasteiger partial charge in [0, 0.05) is 50.1 Å². The van der Waals surface area contributed by atoms with Crippen molar-refractivity contribution in [1.29, 1.82) is 0 Å². The molecule has 4 rings (SSSR count). The predicted octanol–water partition coefficient (Wildman–Crippen LogP) is 5.60. The minimum Gasteiger partial charge on any atom is -0.493 e. The lowest BCUT2D eigenvalue weighted by atomic mass is 9.92. The highest BCUT2D eigenvalue weighted by atomic mass is 35.5. The number of halogens is 4. The zero-order chi connectivity index (χ0) is 36.2. The standard InChI is InChI=1S/C30H37ClF3N7O3.CH4O.CH2O/c1-5-21-8-13-24(16-31)43-15-7-14-41(6-2)19-29(3,4)18-36-25(42)22-9-11-23(12-10-22)37-27-38-26(35-17-21)39-28(40-27)44-20-30(32,33)34;2*1-2/h5-6,8-13,16H,2,7,14-15,17-20H2,1,3-4H3,(H,36,42)(H2,35,37,38,39,40);2H,1H3;1H2/b13-8?,21-5+,24-16?;;. The van der Waals surface area contributed by atoms with Gasteiger partial charge in [-0.2, -0.15) is 28.1 Å². The van der Waals surface area contributed by atoms with Crippen molar-refractivity contribution in [1.82, 2.24) is 25.2 Å². The van der Waals surface area contributed by atoms with Crippen LogP contribution in [0.15, 0.2) is 72.1 Å². The second kappa shape index (κ2) is 21.3. The van der Waals surface area contributed by atoms with Gasteiger partial charge in [0.2, 0.25) is 11.9 Å². The van der Waals surface area contributed by atoms with Crippen molar-refractivity contribution in [2.45, 2.75) is 33.4 Å². The Morgan fingerprint density at radius 1 is 1.10 bits per heavy atom. The van der Waals surface area contributed by atoms with E-state index in [4.69, 9.17) is 31.0 Å². The molecule has 4 N–H and O–H groups in total. The number of amides is 1. The van der Waals surface area contributed by atoms with E-state index in [9.17, 15) is 18.0 Å². The van der Waals surface area contributed by atoms with E-state index in [1.54, 1.807) is 42.6 Å². The summed E-state index contributed by atoms with van der Waals surface area (Å²) in [5.74, 6) is 0.129. The van der Waals surface area contributed by atoms with Crippen molar-refractivity contribution in [3.8, 4) is 6.01 Å². The molecule has 4 bridgehead atoms. The van der Waals surface area contributed by atoms with Crippen LogP contribution in [0.4, 0.5) is 30.8 Å². The summed E-state index contributed by atoms with van der Waals surface area (Å²) in [6.07, 6.45) is 3.23. The molecular formula is C32H43ClF3N7O5. The van der Waals surface area contributed by atoms with E-state index in [2.05, 4.69) is 56.2 Å². The zero-order valence-electron chi connectivity index (χ0n) is 27.4. The molecule has 12 nitrogen and oxygen atoms in total. The summed E-state index contributed by atoms with van der Waals surface area (Å²) in [4.78, 5) is 35.2. The fourth-order valence-corrected chi connectivity index (χ4v) is 4.14. The van der Waals surface area contributed by atoms with Crippen molar-refractivity contribution < 1.29 is 37.3 Å². The summed E-state index contributed by atoms with van der Waals surface area (Å²) >= 11 is 5.98. The number of ether oxygens (including phenoxy) is 2. The van der Waals surface area contributed by atoms with Gasteiger partial charge in [0.25, 0.3) is 5.91 Å². The first-order valence-electron chi connectivity index (χ1n) is 14.6. The number of aliphatic hydroxyl groups is 1. The molecule has 3 heterocycles. The molecule has 264 valence electrons. The van der Waals surface area contributed by atoms with Crippen molar-refractivity contribution in [2.24, 2.45) is 5.41 Å². The molecule has 1 aromatic heterocycles. The van der Waals surface area contributed by atoms with E-state index in [1.165, 1.54) is 5.54 Å². The van der Waals surface area contributed by atoms with E-state index in [1.807, 2.05) is 19.8 Å². The summed E-state index contributed by atoms with van der Waals surface area (Å²) in [5.41, 5.74) is 2.79. The molecule has 0 saturated carbocycles. The largest absolute Gasteiger partial charge is 0.493 e. The molecule has 2 aromatic rings. The number of carbonyl (C=O) groups excluding carboxylic acids is 2. The minimum atomic E-state index is -4.58. The molecule has 0 aliphatic carbocycles. The lowest BCUT2D eigenvalue weighted by Crippen LogP contribution is -2.41. The SMILES string of the molecule is C=CN1CCCOC(=CCl)C=C/C(=C\C)CNc2nc(nc(OCC(F)(F)F)n2)Nc2ccc(cc2)C(=O)NCC(C)(C)C1.C=O.CO. The first-order chi connectivity index (χ1) is 22.9. The molecular weight excluding hydrogens is 655 g/mol. The molecule has 2 aliphatic heterocycles. The Kier molecular flexibility index (Phi) is 18.4. The lowest BCUT2D eigenvalue weighted by molar-refractivity contribution is -0.154. The lowest BCUT2D eigenvalue weighted by Gasteiger charge is -2.32. The van der Waals surface area contributed by atoms with Crippen LogP contribution in [0.5, 0.6) is 6.01 Å². The number of rotatable bonds is 3. The second-order valence-corrected chi connectivity index (χ2v) is 10.9. The Bertz CT molecular complexity index is 1390. The average molecular weight is 698 g/mol. The van der Waals surface area contributed by atoms with E-state index in [-0.39, 0.29) is 29.8 Å². The Balaban J connectivity index is 0.00000277. The van der Waals surface area contributed by atoms with Gasteiger partial charge in [-0.05, 0) is 60.9 Å². The van der Waals surface area contributed by atoms with Crippen LogP contribution >= 0.6 is 11.6 Å². The number of alkyl halides is 3. The van der Waals surface area contributed by atoms with Crippen LogP contribution in [0.2, 0.25) is 0 Å². The van der Waals surface area contributed by atoms with Gasteiger partial charge in [0.05, 0.1) is 6.61 Å². The highest BCUT2D eigenvalue weighted by Gasteiger charge is 2.29. The molecule has 2 aliphatic rings. The first kappa shape index (κ1) is 41.4. The molecule has 0 radical (unpaired) electrons. The van der Waals surface area contributed by atoms with Gasteiger partial charge < -0.3 is 40.2 Å². The van der Waals surface area contributed by atoms with E-state index >= 15 is 0 Å². The number of carbonyl (C=O) groups is 2. The van der Waals surface area contributed by atoms with E-state index < -0.39 is 18.8 Å². The highest BCUT2D eigenvalue weighted by molar-refractivity contribution is 6.25. The smallest absolute Gasteiger partial charge is 0.422 e. The van der Waals surface area contributed by atoms with Crippen molar-refractivity contribution in [3.63, 3.8) is 0 Å². The summed E-state index contributed by atoms with van der Waals surface area (Å²) in [7, 11) is 1.00. The van der Waals surface area contributed by atoms with Crippen LogP contribution in [-0.4, -0.2) is 90.3 Å². The van der Waals surface area contributed by atoms with Gasteiger partial charge in [-0.25, -0.2) is 0 Å². The maximum absolute atomic E-state index is 12.9. The Hall–Kier alpha value is -4.63. The summed E-state index contributed by atoms with van der Waals surface area (Å²) in [6, 6.07) is 6.00. The summed E-state index contributed by atoms with van der Waals surface area (Å²) in [5, 5.41) is 15.9. The zero-order valence-corrected chi connectivity index (χ0v) is 28.2. The molecule has 0 unspecified atom stereocenters. The van der Waals surface area contributed by atoms with Crippen molar-refractivity contribution >= 4 is 41.9 Å². The van der Waals surface area contributed by atoms with Gasteiger partial charge in [0.15, 0.2) is 6.61 Å². The van der Waals surface area contributed by atoms with E-state index in [0.717, 1.165) is 12.7 Å². The summed E-state index contributed by atoms with van der Waals surface area (Å²) in [6.45, 7) is 12.7. The summed E-state index contributed by atoms with van der Waals surface area (Å²) < 4.78 is 49.1. The van der Waals surface area contributed by atoms with Gasteiger partial charge in [-0.1, -0.05) is 44.2 Å². The molecule has 1 aromatic carbocycles. The van der Waals surface area contributed by atoms with Gasteiger partial charge >= 0.3 is 12.2 Å². The molecule has 1 amide bonds. The van der Waals surface area contributed by atoms with Crippen LogP contribution < -0.4 is 20.7 Å². The van der Waals surface area contributed by atoms with Crippen LogP contribution in [0.3, 0.4) is 0 Å². The number of hydrogen-bond donors (Lipinski definition) is 4. The third-order valence-corrected chi connectivity index (χ3v) is 6.46.